The van der Waals surface area contributed by atoms with Crippen LogP contribution in [0.15, 0.2) is 11.1 Å². The van der Waals surface area contributed by atoms with E-state index < -0.39 is 10.0 Å². The van der Waals surface area contributed by atoms with Gasteiger partial charge in [-0.15, -0.1) is 0 Å². The fourth-order valence-corrected chi connectivity index (χ4v) is 4.50. The maximum Gasteiger partial charge on any atom is 0.244 e. The van der Waals surface area contributed by atoms with Crippen LogP contribution in [0.25, 0.3) is 0 Å². The molecule has 1 saturated carbocycles. The molecule has 2 N–H and O–H groups in total. The van der Waals surface area contributed by atoms with Crippen molar-refractivity contribution in [3.63, 3.8) is 0 Å². The van der Waals surface area contributed by atoms with E-state index in [9.17, 15) is 8.42 Å². The van der Waals surface area contributed by atoms with Crippen molar-refractivity contribution in [2.75, 3.05) is 5.33 Å². The van der Waals surface area contributed by atoms with E-state index in [-0.39, 0.29) is 10.9 Å². The number of hydrogen-bond donors (Lipinski definition) is 2. The number of halogens is 1. The average Bonchev–Trinajstić information content (AvgIpc) is 2.86. The topological polar surface area (TPSA) is 74.8 Å². The lowest BCUT2D eigenvalue weighted by molar-refractivity contribution is 0.484. The van der Waals surface area contributed by atoms with Gasteiger partial charge in [0.05, 0.1) is 11.9 Å². The molecule has 96 valence electrons. The predicted molar refractivity (Wildman–Crippen MR) is 68.6 cm³/mol. The van der Waals surface area contributed by atoms with Gasteiger partial charge in [0.2, 0.25) is 10.0 Å². The SMILES string of the molecule is Cc1[nH]ncc1S(=O)(=O)NC1CCCC1CBr. The highest BCUT2D eigenvalue weighted by Gasteiger charge is 2.31. The Morgan fingerprint density at radius 3 is 2.94 bits per heavy atom. The predicted octanol–water partition coefficient (Wildman–Crippen LogP) is 1.56. The van der Waals surface area contributed by atoms with Crippen LogP contribution in [0.3, 0.4) is 0 Å². The van der Waals surface area contributed by atoms with Gasteiger partial charge in [-0.25, -0.2) is 13.1 Å². The van der Waals surface area contributed by atoms with Crippen molar-refractivity contribution in [3.05, 3.63) is 11.9 Å². The van der Waals surface area contributed by atoms with E-state index in [1.807, 2.05) is 0 Å². The first-order chi connectivity index (χ1) is 8.04. The minimum atomic E-state index is -3.44. The molecule has 0 aromatic carbocycles. The van der Waals surface area contributed by atoms with E-state index in [0.29, 0.717) is 11.6 Å². The molecule has 0 amide bonds. The quantitative estimate of drug-likeness (QED) is 0.826. The van der Waals surface area contributed by atoms with Gasteiger partial charge < -0.3 is 0 Å². The first kappa shape index (κ1) is 13.0. The number of aromatic amines is 1. The van der Waals surface area contributed by atoms with Crippen LogP contribution in [-0.4, -0.2) is 30.0 Å². The molecule has 17 heavy (non-hydrogen) atoms. The largest absolute Gasteiger partial charge is 0.281 e. The van der Waals surface area contributed by atoms with Crippen molar-refractivity contribution in [1.29, 1.82) is 0 Å². The molecule has 1 aromatic rings. The number of hydrogen-bond acceptors (Lipinski definition) is 3. The lowest BCUT2D eigenvalue weighted by Crippen LogP contribution is -2.37. The second-order valence-corrected chi connectivity index (χ2v) is 6.76. The third-order valence-electron chi connectivity index (χ3n) is 3.24. The smallest absolute Gasteiger partial charge is 0.244 e. The summed E-state index contributed by atoms with van der Waals surface area (Å²) in [5.41, 5.74) is 0.575. The molecule has 1 aliphatic carbocycles. The summed E-state index contributed by atoms with van der Waals surface area (Å²) in [6.45, 7) is 1.71. The summed E-state index contributed by atoms with van der Waals surface area (Å²) in [7, 11) is -3.44. The van der Waals surface area contributed by atoms with Crippen LogP contribution in [-0.2, 0) is 10.0 Å². The molecule has 1 heterocycles. The van der Waals surface area contributed by atoms with Crippen molar-refractivity contribution in [3.8, 4) is 0 Å². The Morgan fingerprint density at radius 2 is 2.35 bits per heavy atom. The molecule has 2 rings (SSSR count). The molecule has 7 heteroatoms. The van der Waals surface area contributed by atoms with Gasteiger partial charge in [-0.05, 0) is 25.7 Å². The van der Waals surface area contributed by atoms with Crippen LogP contribution in [0.4, 0.5) is 0 Å². The first-order valence-electron chi connectivity index (χ1n) is 5.63. The molecule has 0 aliphatic heterocycles. The Hall–Kier alpha value is -0.400. The van der Waals surface area contributed by atoms with Crippen molar-refractivity contribution in [2.24, 2.45) is 5.92 Å². The maximum absolute atomic E-state index is 12.1. The zero-order chi connectivity index (χ0) is 12.5. The van der Waals surface area contributed by atoms with Crippen molar-refractivity contribution < 1.29 is 8.42 Å². The Bertz CT molecular complexity index is 485. The Kier molecular flexibility index (Phi) is 3.89. The summed E-state index contributed by atoms with van der Waals surface area (Å²) in [4.78, 5) is 0.248. The van der Waals surface area contributed by atoms with Crippen molar-refractivity contribution in [1.82, 2.24) is 14.9 Å². The summed E-state index contributed by atoms with van der Waals surface area (Å²) >= 11 is 3.43. The van der Waals surface area contributed by atoms with E-state index in [2.05, 4.69) is 30.8 Å². The zero-order valence-corrected chi connectivity index (χ0v) is 12.0. The average molecular weight is 322 g/mol. The highest BCUT2D eigenvalue weighted by molar-refractivity contribution is 9.09. The lowest BCUT2D eigenvalue weighted by atomic mass is 10.1. The number of nitrogens with one attached hydrogen (secondary N) is 2. The van der Waals surface area contributed by atoms with Gasteiger partial charge in [-0.3, -0.25) is 5.10 Å². The third-order valence-corrected chi connectivity index (χ3v) is 5.67. The van der Waals surface area contributed by atoms with E-state index >= 15 is 0 Å². The van der Waals surface area contributed by atoms with Crippen molar-refractivity contribution >= 4 is 26.0 Å². The highest BCUT2D eigenvalue weighted by atomic mass is 79.9. The van der Waals surface area contributed by atoms with Gasteiger partial charge in [0, 0.05) is 11.4 Å². The Morgan fingerprint density at radius 1 is 1.59 bits per heavy atom. The summed E-state index contributed by atoms with van der Waals surface area (Å²) in [5.74, 6) is 0.386. The molecule has 1 fully saturated rings. The number of sulfonamides is 1. The number of aromatic nitrogens is 2. The minimum absolute atomic E-state index is 0.0358. The molecule has 5 nitrogen and oxygen atoms in total. The monoisotopic (exact) mass is 321 g/mol. The summed E-state index contributed by atoms with van der Waals surface area (Å²) in [5, 5.41) is 7.23. The maximum atomic E-state index is 12.1. The summed E-state index contributed by atoms with van der Waals surface area (Å²) < 4.78 is 27.1. The van der Waals surface area contributed by atoms with Crippen LogP contribution < -0.4 is 4.72 Å². The third kappa shape index (κ3) is 2.71. The van der Waals surface area contributed by atoms with Crippen LogP contribution >= 0.6 is 15.9 Å². The fraction of sp³-hybridized carbons (Fsp3) is 0.700. The minimum Gasteiger partial charge on any atom is -0.281 e. The van der Waals surface area contributed by atoms with Gasteiger partial charge in [-0.1, -0.05) is 22.4 Å². The Labute approximate surface area is 110 Å². The van der Waals surface area contributed by atoms with E-state index in [4.69, 9.17) is 0 Å². The van der Waals surface area contributed by atoms with Crippen molar-refractivity contribution in [2.45, 2.75) is 37.1 Å². The number of H-pyrrole nitrogens is 1. The number of aryl methyl sites for hydroxylation is 1. The molecule has 0 spiro atoms. The lowest BCUT2D eigenvalue weighted by Gasteiger charge is -2.18. The molecule has 2 atom stereocenters. The molecule has 0 bridgehead atoms. The van der Waals surface area contributed by atoms with E-state index in [1.165, 1.54) is 6.20 Å². The molecular formula is C10H16BrN3O2S. The fourth-order valence-electron chi connectivity index (χ4n) is 2.25. The Balaban J connectivity index is 2.16. The molecule has 2 unspecified atom stereocenters. The van der Waals surface area contributed by atoms with Crippen LogP contribution in [0.1, 0.15) is 25.0 Å². The zero-order valence-electron chi connectivity index (χ0n) is 9.61. The summed E-state index contributed by atoms with van der Waals surface area (Å²) in [6, 6.07) is 0.0358. The molecular weight excluding hydrogens is 306 g/mol. The molecule has 1 aromatic heterocycles. The normalized spacial score (nSPS) is 25.3. The first-order valence-corrected chi connectivity index (χ1v) is 8.23. The van der Waals surface area contributed by atoms with Crippen LogP contribution in [0, 0.1) is 12.8 Å². The van der Waals surface area contributed by atoms with E-state index in [1.54, 1.807) is 6.92 Å². The molecule has 0 saturated heterocycles. The van der Waals surface area contributed by atoms with Gasteiger partial charge in [0.1, 0.15) is 4.90 Å². The summed E-state index contributed by atoms with van der Waals surface area (Å²) in [6.07, 6.45) is 4.42. The van der Waals surface area contributed by atoms with E-state index in [0.717, 1.165) is 24.6 Å². The number of alkyl halides is 1. The second kappa shape index (κ2) is 5.07. The second-order valence-electron chi connectivity index (χ2n) is 4.43. The van der Waals surface area contributed by atoms with Gasteiger partial charge in [0.15, 0.2) is 0 Å². The van der Waals surface area contributed by atoms with Gasteiger partial charge in [0.25, 0.3) is 0 Å². The molecule has 0 radical (unpaired) electrons. The van der Waals surface area contributed by atoms with Crippen LogP contribution in [0.5, 0.6) is 0 Å². The highest BCUT2D eigenvalue weighted by Crippen LogP contribution is 2.28. The number of nitrogens with zero attached hydrogens (tertiary/aromatic N) is 1. The van der Waals surface area contributed by atoms with Gasteiger partial charge >= 0.3 is 0 Å². The standard InChI is InChI=1S/C10H16BrN3O2S/c1-7-10(6-12-13-7)17(15,16)14-9-4-2-3-8(9)5-11/h6,8-9,14H,2-5H2,1H3,(H,12,13). The van der Waals surface area contributed by atoms with Crippen LogP contribution in [0.2, 0.25) is 0 Å². The number of rotatable bonds is 4. The van der Waals surface area contributed by atoms with Gasteiger partial charge in [-0.2, -0.15) is 5.10 Å². The molecule has 1 aliphatic rings.